The molecular formula is C19H16ClN3O4. The molecule has 0 aromatic heterocycles. The molecule has 0 bridgehead atoms. The summed E-state index contributed by atoms with van der Waals surface area (Å²) < 4.78 is 6.01. The molecule has 2 aromatic carbocycles. The van der Waals surface area contributed by atoms with Crippen molar-refractivity contribution < 1.29 is 19.1 Å². The number of fused-ring (bicyclic) bond motifs is 2. The average molecular weight is 386 g/mol. The van der Waals surface area contributed by atoms with Crippen LogP contribution in [0.4, 0.5) is 4.79 Å². The van der Waals surface area contributed by atoms with E-state index in [1.165, 1.54) is 0 Å². The number of para-hydroxylation sites is 1. The number of amides is 4. The fourth-order valence-electron chi connectivity index (χ4n) is 3.18. The molecule has 0 aliphatic carbocycles. The van der Waals surface area contributed by atoms with Crippen molar-refractivity contribution in [1.82, 2.24) is 15.5 Å². The molecule has 4 amide bonds. The lowest BCUT2D eigenvalue weighted by Crippen LogP contribution is -2.38. The first kappa shape index (κ1) is 17.4. The van der Waals surface area contributed by atoms with Gasteiger partial charge in [0.1, 0.15) is 17.5 Å². The number of urea groups is 1. The smallest absolute Gasteiger partial charge is 0.322 e. The zero-order valence-corrected chi connectivity index (χ0v) is 15.0. The van der Waals surface area contributed by atoms with Gasteiger partial charge in [-0.15, -0.1) is 0 Å². The number of nitrogens with one attached hydrogen (secondary N) is 2. The second-order valence-electron chi connectivity index (χ2n) is 6.40. The van der Waals surface area contributed by atoms with Crippen LogP contribution < -0.4 is 15.4 Å². The number of rotatable bonds is 2. The molecule has 1 unspecified atom stereocenters. The van der Waals surface area contributed by atoms with Crippen molar-refractivity contribution in [3.05, 3.63) is 58.6 Å². The Morgan fingerprint density at radius 3 is 2.67 bits per heavy atom. The Balaban J connectivity index is 1.66. The normalized spacial score (nSPS) is 18.4. The van der Waals surface area contributed by atoms with Crippen molar-refractivity contribution in [1.29, 1.82) is 0 Å². The largest absolute Gasteiger partial charge is 0.457 e. The summed E-state index contributed by atoms with van der Waals surface area (Å²) in [4.78, 5) is 37.6. The van der Waals surface area contributed by atoms with E-state index in [0.29, 0.717) is 28.6 Å². The van der Waals surface area contributed by atoms with E-state index in [1.54, 1.807) is 23.1 Å². The van der Waals surface area contributed by atoms with Crippen LogP contribution in [0.2, 0.25) is 5.02 Å². The van der Waals surface area contributed by atoms with Crippen LogP contribution in [0, 0.1) is 0 Å². The van der Waals surface area contributed by atoms with Crippen molar-refractivity contribution in [2.24, 2.45) is 0 Å². The molecular weight excluding hydrogens is 370 g/mol. The maximum absolute atomic E-state index is 12.9. The van der Waals surface area contributed by atoms with Crippen LogP contribution in [0.15, 0.2) is 42.5 Å². The number of halogens is 1. The summed E-state index contributed by atoms with van der Waals surface area (Å²) in [5.41, 5.74) is 1.54. The lowest BCUT2D eigenvalue weighted by Gasteiger charge is -2.29. The van der Waals surface area contributed by atoms with Gasteiger partial charge in [-0.3, -0.25) is 14.9 Å². The Hall–Kier alpha value is -3.06. The van der Waals surface area contributed by atoms with Gasteiger partial charge in [0.2, 0.25) is 5.91 Å². The number of imide groups is 1. The van der Waals surface area contributed by atoms with Crippen molar-refractivity contribution >= 4 is 29.4 Å². The van der Waals surface area contributed by atoms with E-state index in [9.17, 15) is 14.4 Å². The quantitative estimate of drug-likeness (QED) is 0.778. The first-order valence-electron chi connectivity index (χ1n) is 8.43. The molecule has 138 valence electrons. The summed E-state index contributed by atoms with van der Waals surface area (Å²) in [5, 5.41) is 5.09. The summed E-state index contributed by atoms with van der Waals surface area (Å²) in [7, 11) is 0. The topological polar surface area (TPSA) is 87.7 Å². The predicted octanol–water partition coefficient (Wildman–Crippen LogP) is 2.57. The molecule has 0 saturated carbocycles. The predicted molar refractivity (Wildman–Crippen MR) is 97.3 cm³/mol. The highest BCUT2D eigenvalue weighted by Crippen LogP contribution is 2.36. The van der Waals surface area contributed by atoms with Crippen LogP contribution >= 0.6 is 11.6 Å². The maximum Gasteiger partial charge on any atom is 0.322 e. The Morgan fingerprint density at radius 1 is 1.11 bits per heavy atom. The van der Waals surface area contributed by atoms with Crippen LogP contribution in [0.25, 0.3) is 0 Å². The molecule has 2 N–H and O–H groups in total. The highest BCUT2D eigenvalue weighted by Gasteiger charge is 2.33. The molecule has 1 fully saturated rings. The third-order valence-corrected chi connectivity index (χ3v) is 4.92. The van der Waals surface area contributed by atoms with Gasteiger partial charge < -0.3 is 15.0 Å². The fraction of sp³-hybridized carbons (Fsp3) is 0.211. The second kappa shape index (κ2) is 6.92. The minimum atomic E-state index is -0.868. The SMILES string of the molecule is O=C1NC(=O)C(CC(=O)N2Cc3ccccc3Oc3cccc(Cl)c3C2)N1. The van der Waals surface area contributed by atoms with Gasteiger partial charge in [0.05, 0.1) is 13.0 Å². The molecule has 0 radical (unpaired) electrons. The van der Waals surface area contributed by atoms with Gasteiger partial charge in [0.15, 0.2) is 0 Å². The monoisotopic (exact) mass is 385 g/mol. The standard InChI is InChI=1S/C19H16ClN3O4/c20-13-5-3-7-16-12(13)10-23(9-11-4-1-2-6-15(11)27-16)17(24)8-14-18(25)22-19(26)21-14/h1-7,14H,8-10H2,(H2,21,22,25,26). The van der Waals surface area contributed by atoms with Crippen molar-refractivity contribution in [2.75, 3.05) is 0 Å². The van der Waals surface area contributed by atoms with E-state index in [0.717, 1.165) is 5.56 Å². The van der Waals surface area contributed by atoms with E-state index in [4.69, 9.17) is 16.3 Å². The molecule has 0 spiro atoms. The molecule has 8 heteroatoms. The van der Waals surface area contributed by atoms with E-state index >= 15 is 0 Å². The van der Waals surface area contributed by atoms with Gasteiger partial charge in [-0.2, -0.15) is 0 Å². The molecule has 2 aliphatic heterocycles. The minimum absolute atomic E-state index is 0.125. The first-order valence-corrected chi connectivity index (χ1v) is 8.81. The molecule has 2 aliphatic rings. The molecule has 7 nitrogen and oxygen atoms in total. The summed E-state index contributed by atoms with van der Waals surface area (Å²) in [5.74, 6) is 0.465. The highest BCUT2D eigenvalue weighted by molar-refractivity contribution is 6.31. The number of carbonyl (C=O) groups excluding carboxylic acids is 3. The third-order valence-electron chi connectivity index (χ3n) is 4.57. The Bertz CT molecular complexity index is 946. The molecule has 1 atom stereocenters. The Morgan fingerprint density at radius 2 is 1.89 bits per heavy atom. The number of hydrogen-bond donors (Lipinski definition) is 2. The van der Waals surface area contributed by atoms with E-state index in [1.807, 2.05) is 24.3 Å². The number of benzene rings is 2. The van der Waals surface area contributed by atoms with Crippen LogP contribution in [0.5, 0.6) is 11.5 Å². The zero-order valence-electron chi connectivity index (χ0n) is 14.2. The van der Waals surface area contributed by atoms with Gasteiger partial charge in [-0.1, -0.05) is 35.9 Å². The van der Waals surface area contributed by atoms with Crippen LogP contribution in [0.3, 0.4) is 0 Å². The average Bonchev–Trinajstić information content (AvgIpc) is 2.93. The van der Waals surface area contributed by atoms with E-state index < -0.39 is 18.0 Å². The third kappa shape index (κ3) is 3.46. The van der Waals surface area contributed by atoms with E-state index in [-0.39, 0.29) is 18.9 Å². The van der Waals surface area contributed by atoms with Gasteiger partial charge in [0, 0.05) is 22.7 Å². The van der Waals surface area contributed by atoms with Gasteiger partial charge in [-0.05, 0) is 18.2 Å². The van der Waals surface area contributed by atoms with Crippen molar-refractivity contribution in [3.8, 4) is 11.5 Å². The summed E-state index contributed by atoms with van der Waals surface area (Å²) in [6, 6.07) is 11.3. The van der Waals surface area contributed by atoms with Gasteiger partial charge in [-0.25, -0.2) is 4.79 Å². The lowest BCUT2D eigenvalue weighted by molar-refractivity contribution is -0.135. The van der Waals surface area contributed by atoms with Crippen LogP contribution in [-0.2, 0) is 22.7 Å². The van der Waals surface area contributed by atoms with Gasteiger partial charge in [0.25, 0.3) is 5.91 Å². The number of nitrogens with zero attached hydrogens (tertiary/aromatic N) is 1. The Labute approximate surface area is 160 Å². The summed E-state index contributed by atoms with van der Waals surface area (Å²) in [6.07, 6.45) is -0.125. The Kier molecular flexibility index (Phi) is 4.45. The minimum Gasteiger partial charge on any atom is -0.457 e. The fourth-order valence-corrected chi connectivity index (χ4v) is 3.40. The number of hydrogen-bond acceptors (Lipinski definition) is 4. The molecule has 27 heavy (non-hydrogen) atoms. The molecule has 2 heterocycles. The summed E-state index contributed by atoms with van der Waals surface area (Å²) in [6.45, 7) is 0.548. The van der Waals surface area contributed by atoms with Crippen molar-refractivity contribution in [2.45, 2.75) is 25.6 Å². The zero-order chi connectivity index (χ0) is 19.0. The first-order chi connectivity index (χ1) is 13.0. The summed E-state index contributed by atoms with van der Waals surface area (Å²) >= 11 is 6.34. The maximum atomic E-state index is 12.9. The molecule has 2 aromatic rings. The van der Waals surface area contributed by atoms with Crippen molar-refractivity contribution in [3.63, 3.8) is 0 Å². The van der Waals surface area contributed by atoms with Crippen LogP contribution in [0.1, 0.15) is 17.5 Å². The van der Waals surface area contributed by atoms with Gasteiger partial charge >= 0.3 is 6.03 Å². The van der Waals surface area contributed by atoms with E-state index in [2.05, 4.69) is 10.6 Å². The number of ether oxygens (including phenoxy) is 1. The second-order valence-corrected chi connectivity index (χ2v) is 6.80. The van der Waals surface area contributed by atoms with Crippen LogP contribution in [-0.4, -0.2) is 28.8 Å². The lowest BCUT2D eigenvalue weighted by atomic mass is 10.1. The molecule has 1 saturated heterocycles. The number of carbonyl (C=O) groups is 3. The molecule has 4 rings (SSSR count). The highest BCUT2D eigenvalue weighted by atomic mass is 35.5.